The van der Waals surface area contributed by atoms with E-state index in [1.165, 1.54) is 12.1 Å². The average molecular weight is 443 g/mol. The summed E-state index contributed by atoms with van der Waals surface area (Å²) in [6, 6.07) is 18.7. The van der Waals surface area contributed by atoms with E-state index >= 15 is 0 Å². The third kappa shape index (κ3) is 4.66. The predicted molar refractivity (Wildman–Crippen MR) is 122 cm³/mol. The van der Waals surface area contributed by atoms with E-state index in [2.05, 4.69) is 5.32 Å². The summed E-state index contributed by atoms with van der Waals surface area (Å²) in [5.41, 5.74) is 3.50. The molecule has 1 amide bonds. The first-order valence-corrected chi connectivity index (χ1v) is 11.2. The lowest BCUT2D eigenvalue weighted by atomic mass is 10.1. The van der Waals surface area contributed by atoms with Crippen LogP contribution in [0.3, 0.4) is 0 Å². The predicted octanol–water partition coefficient (Wildman–Crippen LogP) is 5.10. The Morgan fingerprint density at radius 1 is 0.967 bits per heavy atom. The van der Waals surface area contributed by atoms with E-state index in [4.69, 9.17) is 11.6 Å². The van der Waals surface area contributed by atoms with Crippen molar-refractivity contribution in [3.8, 4) is 0 Å². The summed E-state index contributed by atoms with van der Waals surface area (Å²) in [4.78, 5) is 13.0. The zero-order chi connectivity index (χ0) is 21.9. The van der Waals surface area contributed by atoms with Crippen molar-refractivity contribution in [2.75, 3.05) is 16.2 Å². The first-order valence-electron chi connectivity index (χ1n) is 9.40. The summed E-state index contributed by atoms with van der Waals surface area (Å²) < 4.78 is 28.0. The van der Waals surface area contributed by atoms with Crippen LogP contribution in [-0.4, -0.2) is 20.9 Å². The van der Waals surface area contributed by atoms with Gasteiger partial charge in [-0.1, -0.05) is 53.6 Å². The number of sulfonamides is 1. The number of halogens is 1. The summed E-state index contributed by atoms with van der Waals surface area (Å²) in [5.74, 6) is -0.458. The van der Waals surface area contributed by atoms with E-state index in [-0.39, 0.29) is 11.4 Å². The molecule has 5 nitrogen and oxygen atoms in total. The van der Waals surface area contributed by atoms with Gasteiger partial charge < -0.3 is 5.32 Å². The maximum absolute atomic E-state index is 13.4. The third-order valence-electron chi connectivity index (χ3n) is 4.78. The Kier molecular flexibility index (Phi) is 6.48. The molecule has 3 aromatic carbocycles. The minimum absolute atomic E-state index is 0.122. The SMILES string of the molecule is Cc1ccc(N(CC(=O)Nc2cccc(Cl)c2C)S(=O)(=O)c2ccccc2)c(C)c1. The van der Waals surface area contributed by atoms with Gasteiger partial charge in [0.05, 0.1) is 10.6 Å². The van der Waals surface area contributed by atoms with Crippen molar-refractivity contribution < 1.29 is 13.2 Å². The van der Waals surface area contributed by atoms with Gasteiger partial charge in [-0.2, -0.15) is 0 Å². The quantitative estimate of drug-likeness (QED) is 0.577. The Labute approximate surface area is 182 Å². The lowest BCUT2D eigenvalue weighted by molar-refractivity contribution is -0.114. The average Bonchev–Trinajstić information content (AvgIpc) is 2.71. The second-order valence-electron chi connectivity index (χ2n) is 7.08. The number of hydrogen-bond acceptors (Lipinski definition) is 3. The summed E-state index contributed by atoms with van der Waals surface area (Å²) >= 11 is 6.13. The molecular formula is C23H23ClN2O3S. The lowest BCUT2D eigenvalue weighted by Crippen LogP contribution is -2.38. The van der Waals surface area contributed by atoms with Gasteiger partial charge in [-0.15, -0.1) is 0 Å². The van der Waals surface area contributed by atoms with Gasteiger partial charge in [-0.3, -0.25) is 9.10 Å². The summed E-state index contributed by atoms with van der Waals surface area (Å²) in [6.45, 7) is 5.18. The van der Waals surface area contributed by atoms with Gasteiger partial charge >= 0.3 is 0 Å². The van der Waals surface area contributed by atoms with Crippen LogP contribution in [0.5, 0.6) is 0 Å². The molecule has 3 aromatic rings. The Balaban J connectivity index is 1.99. The van der Waals surface area contributed by atoms with Crippen molar-refractivity contribution >= 4 is 38.9 Å². The fourth-order valence-electron chi connectivity index (χ4n) is 3.17. The lowest BCUT2D eigenvalue weighted by Gasteiger charge is -2.26. The van der Waals surface area contributed by atoms with Crippen molar-refractivity contribution in [1.82, 2.24) is 0 Å². The van der Waals surface area contributed by atoms with E-state index in [9.17, 15) is 13.2 Å². The molecular weight excluding hydrogens is 420 g/mol. The van der Waals surface area contributed by atoms with Gasteiger partial charge in [0.25, 0.3) is 10.0 Å². The largest absolute Gasteiger partial charge is 0.324 e. The number of aryl methyl sites for hydroxylation is 2. The van der Waals surface area contributed by atoms with Crippen molar-refractivity contribution in [2.24, 2.45) is 0 Å². The number of anilines is 2. The molecule has 1 N–H and O–H groups in total. The topological polar surface area (TPSA) is 66.5 Å². The van der Waals surface area contributed by atoms with Crippen LogP contribution in [-0.2, 0) is 14.8 Å². The maximum Gasteiger partial charge on any atom is 0.264 e. The number of carbonyl (C=O) groups excluding carboxylic acids is 1. The Bertz CT molecular complexity index is 1180. The first kappa shape index (κ1) is 21.9. The normalized spacial score (nSPS) is 11.2. The zero-order valence-electron chi connectivity index (χ0n) is 17.0. The maximum atomic E-state index is 13.4. The minimum Gasteiger partial charge on any atom is -0.324 e. The Hall–Kier alpha value is -2.83. The monoisotopic (exact) mass is 442 g/mol. The Morgan fingerprint density at radius 3 is 2.33 bits per heavy atom. The second-order valence-corrected chi connectivity index (χ2v) is 9.34. The molecule has 0 heterocycles. The molecule has 30 heavy (non-hydrogen) atoms. The molecule has 0 spiro atoms. The molecule has 0 bridgehead atoms. The molecule has 0 atom stereocenters. The minimum atomic E-state index is -3.95. The van der Waals surface area contributed by atoms with Crippen molar-refractivity contribution in [3.63, 3.8) is 0 Å². The van der Waals surface area contributed by atoms with E-state index in [0.717, 1.165) is 21.0 Å². The standard InChI is InChI=1S/C23H23ClN2O3S/c1-16-12-13-22(17(2)14-16)26(30(28,29)19-8-5-4-6-9-19)15-23(27)25-21-11-7-10-20(24)18(21)3/h4-14H,15H2,1-3H3,(H,25,27). The molecule has 0 saturated heterocycles. The fraction of sp³-hybridized carbons (Fsp3) is 0.174. The van der Waals surface area contributed by atoms with Gasteiger partial charge in [-0.25, -0.2) is 8.42 Å². The summed E-state index contributed by atoms with van der Waals surface area (Å²) in [5, 5.41) is 3.30. The molecule has 0 aliphatic rings. The van der Waals surface area contributed by atoms with Crippen LogP contribution < -0.4 is 9.62 Å². The summed E-state index contributed by atoms with van der Waals surface area (Å²) in [6.07, 6.45) is 0. The van der Waals surface area contributed by atoms with Gasteiger partial charge in [0, 0.05) is 10.7 Å². The number of hydrogen-bond donors (Lipinski definition) is 1. The number of amides is 1. The van der Waals surface area contributed by atoms with E-state index in [0.29, 0.717) is 16.4 Å². The van der Waals surface area contributed by atoms with Crippen LogP contribution in [0.25, 0.3) is 0 Å². The molecule has 7 heteroatoms. The molecule has 0 aromatic heterocycles. The smallest absolute Gasteiger partial charge is 0.264 e. The molecule has 0 unspecified atom stereocenters. The van der Waals surface area contributed by atoms with Crippen LogP contribution >= 0.6 is 11.6 Å². The highest BCUT2D eigenvalue weighted by Crippen LogP contribution is 2.28. The Morgan fingerprint density at radius 2 is 1.67 bits per heavy atom. The van der Waals surface area contributed by atoms with Crippen molar-refractivity contribution in [1.29, 1.82) is 0 Å². The van der Waals surface area contributed by atoms with Crippen molar-refractivity contribution in [3.05, 3.63) is 88.4 Å². The number of rotatable bonds is 6. The van der Waals surface area contributed by atoms with Crippen LogP contribution in [0.4, 0.5) is 11.4 Å². The molecule has 0 radical (unpaired) electrons. The van der Waals surface area contributed by atoms with Crippen molar-refractivity contribution in [2.45, 2.75) is 25.7 Å². The van der Waals surface area contributed by atoms with E-state index < -0.39 is 15.9 Å². The number of benzene rings is 3. The molecule has 0 fully saturated rings. The fourth-order valence-corrected chi connectivity index (χ4v) is 4.85. The second kappa shape index (κ2) is 8.90. The number of nitrogens with one attached hydrogen (secondary N) is 1. The van der Waals surface area contributed by atoms with E-state index in [1.807, 2.05) is 26.0 Å². The highest BCUT2D eigenvalue weighted by molar-refractivity contribution is 7.92. The zero-order valence-corrected chi connectivity index (χ0v) is 18.6. The highest BCUT2D eigenvalue weighted by Gasteiger charge is 2.28. The molecule has 156 valence electrons. The molecule has 0 aliphatic heterocycles. The van der Waals surface area contributed by atoms with Crippen LogP contribution in [0.1, 0.15) is 16.7 Å². The van der Waals surface area contributed by atoms with E-state index in [1.54, 1.807) is 49.4 Å². The first-order chi connectivity index (χ1) is 14.2. The molecule has 3 rings (SSSR count). The van der Waals surface area contributed by atoms with Gasteiger partial charge in [0.1, 0.15) is 6.54 Å². The van der Waals surface area contributed by atoms with Crippen LogP contribution in [0.15, 0.2) is 71.6 Å². The molecule has 0 aliphatic carbocycles. The van der Waals surface area contributed by atoms with Gasteiger partial charge in [0.15, 0.2) is 0 Å². The number of nitrogens with zero attached hydrogens (tertiary/aromatic N) is 1. The highest BCUT2D eigenvalue weighted by atomic mass is 35.5. The third-order valence-corrected chi connectivity index (χ3v) is 6.96. The van der Waals surface area contributed by atoms with Crippen LogP contribution in [0, 0.1) is 20.8 Å². The van der Waals surface area contributed by atoms with Gasteiger partial charge in [-0.05, 0) is 62.2 Å². The van der Waals surface area contributed by atoms with Crippen LogP contribution in [0.2, 0.25) is 5.02 Å². The summed E-state index contributed by atoms with van der Waals surface area (Å²) in [7, 11) is -3.95. The van der Waals surface area contributed by atoms with Gasteiger partial charge in [0.2, 0.25) is 5.91 Å². The molecule has 0 saturated carbocycles. The number of carbonyl (C=O) groups is 1.